The number of benzene rings is 2. The predicted octanol–water partition coefficient (Wildman–Crippen LogP) is 2.43. The van der Waals surface area contributed by atoms with Gasteiger partial charge in [-0.05, 0) is 5.56 Å². The van der Waals surface area contributed by atoms with Gasteiger partial charge in [0, 0.05) is 11.1 Å². The van der Waals surface area contributed by atoms with E-state index in [9.17, 15) is 4.79 Å². The van der Waals surface area contributed by atoms with Gasteiger partial charge in [0.25, 0.3) is 0 Å². The van der Waals surface area contributed by atoms with Crippen molar-refractivity contribution in [2.45, 2.75) is 6.61 Å². The molecule has 0 saturated heterocycles. The van der Waals surface area contributed by atoms with Crippen LogP contribution in [0.15, 0.2) is 54.6 Å². The summed E-state index contributed by atoms with van der Waals surface area (Å²) in [5.74, 6) is 0.0171. The van der Waals surface area contributed by atoms with Crippen molar-refractivity contribution in [3.8, 4) is 0 Å². The summed E-state index contributed by atoms with van der Waals surface area (Å²) < 4.78 is 5.22. The fourth-order valence-corrected chi connectivity index (χ4v) is 1.76. The largest absolute Gasteiger partial charge is 0.394 e. The molecule has 2 aromatic carbocycles. The van der Waals surface area contributed by atoms with Crippen molar-refractivity contribution in [3.05, 3.63) is 71.3 Å². The minimum Gasteiger partial charge on any atom is -0.394 e. The third kappa shape index (κ3) is 3.74. The molecule has 0 aliphatic carbocycles. The van der Waals surface area contributed by atoms with Crippen molar-refractivity contribution in [1.29, 1.82) is 0 Å². The van der Waals surface area contributed by atoms with Gasteiger partial charge in [0.2, 0.25) is 0 Å². The third-order valence-corrected chi connectivity index (χ3v) is 2.76. The van der Waals surface area contributed by atoms with Gasteiger partial charge in [0.1, 0.15) is 0 Å². The second kappa shape index (κ2) is 6.83. The fourth-order valence-electron chi connectivity index (χ4n) is 1.76. The molecule has 0 spiro atoms. The van der Waals surface area contributed by atoms with E-state index in [0.29, 0.717) is 24.3 Å². The zero-order chi connectivity index (χ0) is 13.5. The van der Waals surface area contributed by atoms with Gasteiger partial charge in [-0.1, -0.05) is 54.6 Å². The lowest BCUT2D eigenvalue weighted by Gasteiger charge is -2.04. The molecule has 2 rings (SSSR count). The van der Waals surface area contributed by atoms with Crippen molar-refractivity contribution in [2.75, 3.05) is 13.2 Å². The summed E-state index contributed by atoms with van der Waals surface area (Å²) >= 11 is 0. The lowest BCUT2D eigenvalue weighted by Crippen LogP contribution is -2.02. The minimum absolute atomic E-state index is 0.0171. The summed E-state index contributed by atoms with van der Waals surface area (Å²) in [7, 11) is 0. The second-order valence-corrected chi connectivity index (χ2v) is 4.17. The molecule has 0 fully saturated rings. The van der Waals surface area contributed by atoms with Crippen LogP contribution in [0.3, 0.4) is 0 Å². The minimum atomic E-state index is 0.0171. The molecule has 3 heteroatoms. The number of hydrogen-bond donors (Lipinski definition) is 1. The molecule has 0 aliphatic heterocycles. The third-order valence-electron chi connectivity index (χ3n) is 2.76. The Hall–Kier alpha value is -1.97. The van der Waals surface area contributed by atoms with E-state index in [1.807, 2.05) is 30.3 Å². The van der Waals surface area contributed by atoms with Gasteiger partial charge in [-0.2, -0.15) is 0 Å². The van der Waals surface area contributed by atoms with Crippen LogP contribution < -0.4 is 0 Å². The Labute approximate surface area is 112 Å². The van der Waals surface area contributed by atoms with Gasteiger partial charge >= 0.3 is 0 Å². The molecule has 3 nitrogen and oxygen atoms in total. The molecule has 0 aliphatic rings. The Kier molecular flexibility index (Phi) is 4.84. The first-order valence-corrected chi connectivity index (χ1v) is 6.18. The summed E-state index contributed by atoms with van der Waals surface area (Å²) in [4.78, 5) is 12.2. The molecule has 2 aromatic rings. The zero-order valence-corrected chi connectivity index (χ0v) is 10.6. The van der Waals surface area contributed by atoms with Gasteiger partial charge in [0.05, 0.1) is 19.8 Å². The monoisotopic (exact) mass is 256 g/mol. The van der Waals surface area contributed by atoms with Crippen LogP contribution in [-0.2, 0) is 11.3 Å². The standard InChI is InChI=1S/C16H16O3/c17-10-11-19-12-13-6-8-15(9-7-13)16(18)14-4-2-1-3-5-14/h1-9,17H,10-12H2. The number of ether oxygens (including phenoxy) is 1. The van der Waals surface area contributed by atoms with E-state index in [-0.39, 0.29) is 12.4 Å². The summed E-state index contributed by atoms with van der Waals surface area (Å²) in [6, 6.07) is 16.5. The molecule has 98 valence electrons. The molecular formula is C16H16O3. The molecule has 0 unspecified atom stereocenters. The Morgan fingerprint density at radius 2 is 1.58 bits per heavy atom. The maximum atomic E-state index is 12.2. The summed E-state index contributed by atoms with van der Waals surface area (Å²) in [5, 5.41) is 8.62. The summed E-state index contributed by atoms with van der Waals surface area (Å²) in [5.41, 5.74) is 2.34. The topological polar surface area (TPSA) is 46.5 Å². The van der Waals surface area contributed by atoms with Gasteiger partial charge in [0.15, 0.2) is 5.78 Å². The van der Waals surface area contributed by atoms with Gasteiger partial charge in [-0.3, -0.25) is 4.79 Å². The number of aliphatic hydroxyl groups is 1. The normalized spacial score (nSPS) is 10.4. The average Bonchev–Trinajstić information content (AvgIpc) is 2.48. The van der Waals surface area contributed by atoms with E-state index in [0.717, 1.165) is 5.56 Å². The van der Waals surface area contributed by atoms with Crippen LogP contribution in [0.25, 0.3) is 0 Å². The Morgan fingerprint density at radius 3 is 2.21 bits per heavy atom. The van der Waals surface area contributed by atoms with E-state index in [2.05, 4.69) is 0 Å². The molecule has 0 saturated carbocycles. The Bertz CT molecular complexity index is 517. The molecule has 0 amide bonds. The van der Waals surface area contributed by atoms with E-state index < -0.39 is 0 Å². The smallest absolute Gasteiger partial charge is 0.193 e. The number of ketones is 1. The van der Waals surface area contributed by atoms with Crippen molar-refractivity contribution >= 4 is 5.78 Å². The highest BCUT2D eigenvalue weighted by Crippen LogP contribution is 2.11. The SMILES string of the molecule is O=C(c1ccccc1)c1ccc(COCCO)cc1. The molecule has 0 radical (unpaired) electrons. The molecule has 0 heterocycles. The zero-order valence-electron chi connectivity index (χ0n) is 10.6. The van der Waals surface area contributed by atoms with Crippen LogP contribution in [0.4, 0.5) is 0 Å². The lowest BCUT2D eigenvalue weighted by atomic mass is 10.0. The Balaban J connectivity index is 2.04. The van der Waals surface area contributed by atoms with E-state index >= 15 is 0 Å². The average molecular weight is 256 g/mol. The Morgan fingerprint density at radius 1 is 0.947 bits per heavy atom. The first-order chi connectivity index (χ1) is 9.31. The fraction of sp³-hybridized carbons (Fsp3) is 0.188. The molecule has 0 aromatic heterocycles. The van der Waals surface area contributed by atoms with Crippen LogP contribution >= 0.6 is 0 Å². The lowest BCUT2D eigenvalue weighted by molar-refractivity contribution is 0.0815. The number of hydrogen-bond acceptors (Lipinski definition) is 3. The van der Waals surface area contributed by atoms with Gasteiger partial charge in [-0.15, -0.1) is 0 Å². The highest BCUT2D eigenvalue weighted by atomic mass is 16.5. The van der Waals surface area contributed by atoms with E-state index in [4.69, 9.17) is 9.84 Å². The second-order valence-electron chi connectivity index (χ2n) is 4.17. The summed E-state index contributed by atoms with van der Waals surface area (Å²) in [6.45, 7) is 0.787. The highest BCUT2D eigenvalue weighted by molar-refractivity contribution is 6.08. The van der Waals surface area contributed by atoms with Crippen molar-refractivity contribution < 1.29 is 14.6 Å². The number of carbonyl (C=O) groups is 1. The molecule has 0 bridgehead atoms. The highest BCUT2D eigenvalue weighted by Gasteiger charge is 2.07. The quantitative estimate of drug-likeness (QED) is 0.638. The predicted molar refractivity (Wildman–Crippen MR) is 73.1 cm³/mol. The first-order valence-electron chi connectivity index (χ1n) is 6.18. The van der Waals surface area contributed by atoms with E-state index in [1.54, 1.807) is 24.3 Å². The number of carbonyl (C=O) groups excluding carboxylic acids is 1. The van der Waals surface area contributed by atoms with Crippen molar-refractivity contribution in [2.24, 2.45) is 0 Å². The summed E-state index contributed by atoms with van der Waals surface area (Å²) in [6.07, 6.45) is 0. The maximum absolute atomic E-state index is 12.2. The van der Waals surface area contributed by atoms with Crippen LogP contribution in [0.1, 0.15) is 21.5 Å². The van der Waals surface area contributed by atoms with Crippen molar-refractivity contribution in [3.63, 3.8) is 0 Å². The molecule has 19 heavy (non-hydrogen) atoms. The molecule has 0 atom stereocenters. The van der Waals surface area contributed by atoms with Gasteiger partial charge in [-0.25, -0.2) is 0 Å². The number of rotatable bonds is 6. The van der Waals surface area contributed by atoms with Gasteiger partial charge < -0.3 is 9.84 Å². The molecule has 1 N–H and O–H groups in total. The van der Waals surface area contributed by atoms with Crippen LogP contribution in [-0.4, -0.2) is 24.1 Å². The van der Waals surface area contributed by atoms with E-state index in [1.165, 1.54) is 0 Å². The van der Waals surface area contributed by atoms with Crippen molar-refractivity contribution in [1.82, 2.24) is 0 Å². The maximum Gasteiger partial charge on any atom is 0.193 e. The number of aliphatic hydroxyl groups excluding tert-OH is 1. The van der Waals surface area contributed by atoms with Crippen LogP contribution in [0.2, 0.25) is 0 Å². The molecular weight excluding hydrogens is 240 g/mol. The first kappa shape index (κ1) is 13.5. The van der Waals surface area contributed by atoms with Crippen LogP contribution in [0, 0.1) is 0 Å². The van der Waals surface area contributed by atoms with Crippen LogP contribution in [0.5, 0.6) is 0 Å².